The van der Waals surface area contributed by atoms with E-state index in [1.54, 1.807) is 6.20 Å². The number of carbonyl (C=O) groups excluding carboxylic acids is 1. The highest BCUT2D eigenvalue weighted by Gasteiger charge is 2.04. The number of rotatable bonds is 6. The van der Waals surface area contributed by atoms with Crippen LogP contribution in [0.3, 0.4) is 0 Å². The summed E-state index contributed by atoms with van der Waals surface area (Å²) in [7, 11) is 3.34. The third kappa shape index (κ3) is 5.91. The number of hydrogen-bond acceptors (Lipinski definition) is 4. The van der Waals surface area contributed by atoms with Crippen molar-refractivity contribution >= 4 is 17.7 Å². The van der Waals surface area contributed by atoms with Gasteiger partial charge in [-0.05, 0) is 25.4 Å². The van der Waals surface area contributed by atoms with Crippen molar-refractivity contribution in [1.82, 2.24) is 4.90 Å². The van der Waals surface area contributed by atoms with Crippen molar-refractivity contribution in [2.45, 2.75) is 19.4 Å². The Hall–Kier alpha value is -0.640. The second-order valence-electron chi connectivity index (χ2n) is 3.13. The van der Waals surface area contributed by atoms with Crippen LogP contribution in [0.15, 0.2) is 12.3 Å². The van der Waals surface area contributed by atoms with E-state index >= 15 is 0 Å². The first-order chi connectivity index (χ1) is 6.61. The van der Waals surface area contributed by atoms with Gasteiger partial charge in [0, 0.05) is 25.4 Å². The molecule has 0 saturated heterocycles. The zero-order valence-corrected chi connectivity index (χ0v) is 10.1. The smallest absolute Gasteiger partial charge is 0.331 e. The molecule has 0 aliphatic heterocycles. The van der Waals surface area contributed by atoms with E-state index in [4.69, 9.17) is 0 Å². The van der Waals surface area contributed by atoms with Gasteiger partial charge in [0.2, 0.25) is 0 Å². The maximum atomic E-state index is 10.8. The molecule has 0 aromatic heterocycles. The molecule has 1 unspecified atom stereocenters. The quantitative estimate of drug-likeness (QED) is 0.501. The molecule has 0 radical (unpaired) electrons. The fourth-order valence-electron chi connectivity index (χ4n) is 0.885. The van der Waals surface area contributed by atoms with Crippen LogP contribution in [0.1, 0.15) is 13.3 Å². The molecule has 0 spiro atoms. The van der Waals surface area contributed by atoms with Crippen LogP contribution >= 0.6 is 11.8 Å². The van der Waals surface area contributed by atoms with Gasteiger partial charge in [0.1, 0.15) is 0 Å². The molecule has 14 heavy (non-hydrogen) atoms. The molecule has 4 heteroatoms. The van der Waals surface area contributed by atoms with Crippen LogP contribution in [0.2, 0.25) is 0 Å². The van der Waals surface area contributed by atoms with Gasteiger partial charge in [0.25, 0.3) is 0 Å². The topological polar surface area (TPSA) is 29.5 Å². The molecule has 0 aliphatic carbocycles. The summed E-state index contributed by atoms with van der Waals surface area (Å²) in [4.78, 5) is 12.8. The minimum Gasteiger partial charge on any atom is -0.466 e. The lowest BCUT2D eigenvalue weighted by molar-refractivity contribution is -0.134. The summed E-state index contributed by atoms with van der Waals surface area (Å²) in [6, 6.07) is 0.448. The van der Waals surface area contributed by atoms with E-state index in [9.17, 15) is 4.79 Å². The van der Waals surface area contributed by atoms with Crippen LogP contribution < -0.4 is 0 Å². The Kier molecular flexibility index (Phi) is 7.38. The monoisotopic (exact) mass is 217 g/mol. The van der Waals surface area contributed by atoms with Crippen molar-refractivity contribution in [3.8, 4) is 0 Å². The standard InChI is InChI=1S/C10H19NO2S/c1-9(6-8-14-4)11(2)7-5-10(12)13-3/h5,7,9H,6,8H2,1-4H3/b7-5+. The van der Waals surface area contributed by atoms with Gasteiger partial charge in [-0.3, -0.25) is 0 Å². The van der Waals surface area contributed by atoms with Crippen molar-refractivity contribution in [2.75, 3.05) is 26.2 Å². The Morgan fingerprint density at radius 2 is 2.29 bits per heavy atom. The summed E-state index contributed by atoms with van der Waals surface area (Å²) in [5.74, 6) is 0.825. The summed E-state index contributed by atoms with van der Waals surface area (Å²) >= 11 is 1.83. The number of ether oxygens (including phenoxy) is 1. The first kappa shape index (κ1) is 13.4. The lowest BCUT2D eigenvalue weighted by atomic mass is 10.2. The first-order valence-electron chi connectivity index (χ1n) is 4.58. The molecule has 1 atom stereocenters. The van der Waals surface area contributed by atoms with Gasteiger partial charge >= 0.3 is 5.97 Å². The molecule has 0 rings (SSSR count). The summed E-state index contributed by atoms with van der Waals surface area (Å²) in [6.07, 6.45) is 6.41. The summed E-state index contributed by atoms with van der Waals surface area (Å²) < 4.78 is 4.50. The van der Waals surface area contributed by atoms with Gasteiger partial charge in [0.05, 0.1) is 7.11 Å². The highest BCUT2D eigenvalue weighted by Crippen LogP contribution is 2.06. The van der Waals surface area contributed by atoms with E-state index in [0.717, 1.165) is 12.2 Å². The molecular weight excluding hydrogens is 198 g/mol. The predicted octanol–water partition coefficient (Wildman–Crippen LogP) is 1.75. The van der Waals surface area contributed by atoms with Crippen molar-refractivity contribution < 1.29 is 9.53 Å². The fourth-order valence-corrected chi connectivity index (χ4v) is 1.46. The molecule has 82 valence electrons. The van der Waals surface area contributed by atoms with Crippen molar-refractivity contribution in [2.24, 2.45) is 0 Å². The summed E-state index contributed by atoms with van der Waals surface area (Å²) in [5, 5.41) is 0. The zero-order valence-electron chi connectivity index (χ0n) is 9.32. The molecule has 0 fully saturated rings. The average molecular weight is 217 g/mol. The molecule has 0 N–H and O–H groups in total. The normalized spacial score (nSPS) is 12.9. The van der Waals surface area contributed by atoms with Gasteiger partial charge in [-0.25, -0.2) is 4.79 Å². The Morgan fingerprint density at radius 1 is 1.64 bits per heavy atom. The zero-order chi connectivity index (χ0) is 11.0. The summed E-state index contributed by atoms with van der Waals surface area (Å²) in [5.41, 5.74) is 0. The van der Waals surface area contributed by atoms with Crippen molar-refractivity contribution in [3.63, 3.8) is 0 Å². The molecule has 0 aromatic rings. The van der Waals surface area contributed by atoms with Crippen LogP contribution in [-0.4, -0.2) is 43.1 Å². The van der Waals surface area contributed by atoms with Gasteiger partial charge in [-0.1, -0.05) is 0 Å². The van der Waals surface area contributed by atoms with E-state index in [-0.39, 0.29) is 5.97 Å². The highest BCUT2D eigenvalue weighted by molar-refractivity contribution is 7.98. The van der Waals surface area contributed by atoms with Crippen LogP contribution in [0, 0.1) is 0 Å². The van der Waals surface area contributed by atoms with E-state index in [1.165, 1.54) is 13.2 Å². The largest absolute Gasteiger partial charge is 0.466 e. The minimum absolute atomic E-state index is 0.311. The van der Waals surface area contributed by atoms with E-state index in [2.05, 4.69) is 17.9 Å². The first-order valence-corrected chi connectivity index (χ1v) is 5.98. The number of carbonyl (C=O) groups is 1. The SMILES string of the molecule is COC(=O)/C=C/N(C)C(C)CCSC. The van der Waals surface area contributed by atoms with Crippen LogP contribution in [0.4, 0.5) is 0 Å². The maximum absolute atomic E-state index is 10.8. The van der Waals surface area contributed by atoms with Crippen LogP contribution in [0.5, 0.6) is 0 Å². The number of methoxy groups -OCH3 is 1. The third-order valence-electron chi connectivity index (χ3n) is 2.08. The number of esters is 1. The van der Waals surface area contributed by atoms with Crippen LogP contribution in [-0.2, 0) is 9.53 Å². The third-order valence-corrected chi connectivity index (χ3v) is 2.73. The van der Waals surface area contributed by atoms with Crippen molar-refractivity contribution in [3.05, 3.63) is 12.3 Å². The van der Waals surface area contributed by atoms with Gasteiger partial charge in [-0.2, -0.15) is 11.8 Å². The molecule has 0 saturated carbocycles. The van der Waals surface area contributed by atoms with E-state index in [0.29, 0.717) is 6.04 Å². The van der Waals surface area contributed by atoms with Crippen LogP contribution in [0.25, 0.3) is 0 Å². The maximum Gasteiger partial charge on any atom is 0.331 e. The Balaban J connectivity index is 3.87. The molecule has 0 aliphatic rings. The molecular formula is C10H19NO2S. The van der Waals surface area contributed by atoms with Gasteiger partial charge < -0.3 is 9.64 Å². The molecule has 0 aromatic carbocycles. The fraction of sp³-hybridized carbons (Fsp3) is 0.700. The summed E-state index contributed by atoms with van der Waals surface area (Å²) in [6.45, 7) is 2.14. The predicted molar refractivity (Wildman–Crippen MR) is 61.4 cm³/mol. The Labute approximate surface area is 90.5 Å². The van der Waals surface area contributed by atoms with Gasteiger partial charge in [-0.15, -0.1) is 0 Å². The molecule has 0 bridgehead atoms. The van der Waals surface area contributed by atoms with E-state index < -0.39 is 0 Å². The number of nitrogens with zero attached hydrogens (tertiary/aromatic N) is 1. The minimum atomic E-state index is -0.311. The van der Waals surface area contributed by atoms with E-state index in [1.807, 2.05) is 23.7 Å². The lowest BCUT2D eigenvalue weighted by Crippen LogP contribution is -2.24. The van der Waals surface area contributed by atoms with Crippen molar-refractivity contribution in [1.29, 1.82) is 0 Å². The second kappa shape index (κ2) is 7.74. The average Bonchev–Trinajstić information content (AvgIpc) is 2.21. The highest BCUT2D eigenvalue weighted by atomic mass is 32.2. The number of hydrogen-bond donors (Lipinski definition) is 0. The number of thioether (sulfide) groups is 1. The molecule has 0 amide bonds. The Bertz CT molecular complexity index is 195. The lowest BCUT2D eigenvalue weighted by Gasteiger charge is -2.22. The second-order valence-corrected chi connectivity index (χ2v) is 4.12. The Morgan fingerprint density at radius 3 is 2.79 bits per heavy atom. The molecule has 0 heterocycles. The molecule has 3 nitrogen and oxygen atoms in total. The van der Waals surface area contributed by atoms with Gasteiger partial charge in [0.15, 0.2) is 0 Å².